The summed E-state index contributed by atoms with van der Waals surface area (Å²) in [6.45, 7) is -0.258. The largest absolute Gasteiger partial charge is 0.493 e. The van der Waals surface area contributed by atoms with Gasteiger partial charge in [0.2, 0.25) is 0 Å². The molecule has 6 heteroatoms. The van der Waals surface area contributed by atoms with E-state index < -0.39 is 5.91 Å². The van der Waals surface area contributed by atoms with Crippen LogP contribution in [0.5, 0.6) is 11.5 Å². The van der Waals surface area contributed by atoms with Gasteiger partial charge in [0.1, 0.15) is 0 Å². The average molecular weight is 300 g/mol. The van der Waals surface area contributed by atoms with Crippen LogP contribution in [0.3, 0.4) is 0 Å². The van der Waals surface area contributed by atoms with E-state index in [-0.39, 0.29) is 12.5 Å². The molecule has 0 saturated heterocycles. The maximum atomic E-state index is 12.2. The molecule has 2 rings (SSSR count). The molecule has 0 spiro atoms. The Balaban J connectivity index is 2.14. The van der Waals surface area contributed by atoms with Crippen LogP contribution in [0.1, 0.15) is 10.4 Å². The van der Waals surface area contributed by atoms with Gasteiger partial charge in [-0.2, -0.15) is 0 Å². The number of methoxy groups -OCH3 is 1. The van der Waals surface area contributed by atoms with E-state index in [0.717, 1.165) is 0 Å². The summed E-state index contributed by atoms with van der Waals surface area (Å²) in [5.41, 5.74) is 6.13. The lowest BCUT2D eigenvalue weighted by atomic mass is 10.2. The highest BCUT2D eigenvalue weighted by Gasteiger charge is 2.12. The summed E-state index contributed by atoms with van der Waals surface area (Å²) in [5, 5.41) is 2.77. The molecule has 2 aromatic rings. The second kappa shape index (κ2) is 7.12. The first kappa shape index (κ1) is 15.4. The summed E-state index contributed by atoms with van der Waals surface area (Å²) in [5.74, 6) is -0.168. The van der Waals surface area contributed by atoms with E-state index in [0.29, 0.717) is 22.7 Å². The van der Waals surface area contributed by atoms with Gasteiger partial charge in [-0.1, -0.05) is 18.2 Å². The minimum atomic E-state index is -0.590. The third kappa shape index (κ3) is 3.99. The molecular formula is C16H16N2O4. The molecule has 0 saturated carbocycles. The smallest absolute Gasteiger partial charge is 0.255 e. The van der Waals surface area contributed by atoms with Gasteiger partial charge in [-0.25, -0.2) is 0 Å². The number of ether oxygens (including phenoxy) is 2. The quantitative estimate of drug-likeness (QED) is 0.851. The highest BCUT2D eigenvalue weighted by molar-refractivity contribution is 6.04. The third-order valence-electron chi connectivity index (χ3n) is 2.83. The van der Waals surface area contributed by atoms with Gasteiger partial charge < -0.3 is 20.5 Å². The second-order valence-corrected chi connectivity index (χ2v) is 4.44. The molecular weight excluding hydrogens is 284 g/mol. The van der Waals surface area contributed by atoms with Crippen molar-refractivity contribution in [3.63, 3.8) is 0 Å². The third-order valence-corrected chi connectivity index (χ3v) is 2.83. The molecule has 2 amide bonds. The summed E-state index contributed by atoms with van der Waals surface area (Å²) in [6.07, 6.45) is 0. The standard InChI is InChI=1S/C16H16N2O4/c1-21-14-9-11(7-8-13(14)22-10-15(17)19)16(20)18-12-5-3-2-4-6-12/h2-9H,10H2,1H3,(H2,17,19)(H,18,20). The maximum Gasteiger partial charge on any atom is 0.255 e. The lowest BCUT2D eigenvalue weighted by Crippen LogP contribution is -2.20. The number of benzene rings is 2. The zero-order valence-corrected chi connectivity index (χ0v) is 12.0. The Kier molecular flexibility index (Phi) is 4.98. The maximum absolute atomic E-state index is 12.2. The van der Waals surface area contributed by atoms with Crippen molar-refractivity contribution in [2.75, 3.05) is 19.0 Å². The molecule has 6 nitrogen and oxygen atoms in total. The minimum absolute atomic E-state index is 0.258. The molecule has 0 aliphatic carbocycles. The van der Waals surface area contributed by atoms with Crippen LogP contribution in [0, 0.1) is 0 Å². The molecule has 0 unspecified atom stereocenters. The highest BCUT2D eigenvalue weighted by atomic mass is 16.5. The van der Waals surface area contributed by atoms with Crippen LogP contribution in [0.4, 0.5) is 5.69 Å². The summed E-state index contributed by atoms with van der Waals surface area (Å²) >= 11 is 0. The Labute approximate surface area is 127 Å². The molecule has 0 aromatic heterocycles. The lowest BCUT2D eigenvalue weighted by Gasteiger charge is -2.11. The first-order valence-corrected chi connectivity index (χ1v) is 6.55. The predicted octanol–water partition coefficient (Wildman–Crippen LogP) is 1.81. The summed E-state index contributed by atoms with van der Waals surface area (Å²) < 4.78 is 10.4. The number of rotatable bonds is 6. The van der Waals surface area contributed by atoms with Crippen molar-refractivity contribution in [1.82, 2.24) is 0 Å². The molecule has 0 heterocycles. The summed E-state index contributed by atoms with van der Waals surface area (Å²) in [4.78, 5) is 22.9. The number of nitrogens with one attached hydrogen (secondary N) is 1. The number of hydrogen-bond donors (Lipinski definition) is 2. The van der Waals surface area contributed by atoms with Crippen molar-refractivity contribution < 1.29 is 19.1 Å². The predicted molar refractivity (Wildman–Crippen MR) is 82.1 cm³/mol. The Morgan fingerprint density at radius 2 is 1.82 bits per heavy atom. The van der Waals surface area contributed by atoms with Gasteiger partial charge in [-0.05, 0) is 30.3 Å². The van der Waals surface area contributed by atoms with Gasteiger partial charge in [0.05, 0.1) is 7.11 Å². The molecule has 0 fully saturated rings. The van der Waals surface area contributed by atoms with Gasteiger partial charge in [0.25, 0.3) is 11.8 Å². The van der Waals surface area contributed by atoms with Gasteiger partial charge in [-0.15, -0.1) is 0 Å². The number of carbonyl (C=O) groups is 2. The van der Waals surface area contributed by atoms with Crippen LogP contribution in [0.25, 0.3) is 0 Å². The number of primary amides is 1. The average Bonchev–Trinajstić information content (AvgIpc) is 2.53. The van der Waals surface area contributed by atoms with E-state index in [4.69, 9.17) is 15.2 Å². The molecule has 0 bridgehead atoms. The SMILES string of the molecule is COc1cc(C(=O)Nc2ccccc2)ccc1OCC(N)=O. The van der Waals surface area contributed by atoms with Gasteiger partial charge in [0, 0.05) is 11.3 Å². The van der Waals surface area contributed by atoms with E-state index in [1.807, 2.05) is 18.2 Å². The number of anilines is 1. The van der Waals surface area contributed by atoms with Gasteiger partial charge in [0.15, 0.2) is 18.1 Å². The fourth-order valence-electron chi connectivity index (χ4n) is 1.80. The van der Waals surface area contributed by atoms with Crippen LogP contribution in [0.15, 0.2) is 48.5 Å². The van der Waals surface area contributed by atoms with Crippen molar-refractivity contribution in [3.05, 3.63) is 54.1 Å². The van der Waals surface area contributed by atoms with Crippen molar-refractivity contribution in [2.45, 2.75) is 0 Å². The van der Waals surface area contributed by atoms with E-state index in [2.05, 4.69) is 5.32 Å². The van der Waals surface area contributed by atoms with Crippen LogP contribution in [-0.4, -0.2) is 25.5 Å². The number of nitrogens with two attached hydrogens (primary N) is 1. The van der Waals surface area contributed by atoms with Crippen LogP contribution < -0.4 is 20.5 Å². The molecule has 0 radical (unpaired) electrons. The van der Waals surface area contributed by atoms with Crippen LogP contribution >= 0.6 is 0 Å². The van der Waals surface area contributed by atoms with E-state index in [1.165, 1.54) is 13.2 Å². The fraction of sp³-hybridized carbons (Fsp3) is 0.125. The first-order chi connectivity index (χ1) is 10.6. The zero-order chi connectivity index (χ0) is 15.9. The molecule has 2 aromatic carbocycles. The second-order valence-electron chi connectivity index (χ2n) is 4.44. The Bertz CT molecular complexity index is 671. The van der Waals surface area contributed by atoms with Gasteiger partial charge >= 0.3 is 0 Å². The van der Waals surface area contributed by atoms with Crippen molar-refractivity contribution >= 4 is 17.5 Å². The Hall–Kier alpha value is -3.02. The number of carbonyl (C=O) groups excluding carboxylic acids is 2. The van der Waals surface area contributed by atoms with Crippen LogP contribution in [0.2, 0.25) is 0 Å². The number of hydrogen-bond acceptors (Lipinski definition) is 4. The molecule has 0 aliphatic rings. The lowest BCUT2D eigenvalue weighted by molar-refractivity contribution is -0.119. The topological polar surface area (TPSA) is 90.7 Å². The van der Waals surface area contributed by atoms with E-state index in [9.17, 15) is 9.59 Å². The first-order valence-electron chi connectivity index (χ1n) is 6.55. The number of para-hydroxylation sites is 1. The van der Waals surface area contributed by atoms with Crippen molar-refractivity contribution in [3.8, 4) is 11.5 Å². The summed E-state index contributed by atoms with van der Waals surface area (Å²) in [7, 11) is 1.45. The van der Waals surface area contributed by atoms with Crippen molar-refractivity contribution in [2.24, 2.45) is 5.73 Å². The molecule has 0 atom stereocenters. The van der Waals surface area contributed by atoms with E-state index >= 15 is 0 Å². The van der Waals surface area contributed by atoms with Crippen LogP contribution in [-0.2, 0) is 4.79 Å². The molecule has 3 N–H and O–H groups in total. The zero-order valence-electron chi connectivity index (χ0n) is 12.0. The van der Waals surface area contributed by atoms with Gasteiger partial charge in [-0.3, -0.25) is 9.59 Å². The van der Waals surface area contributed by atoms with E-state index in [1.54, 1.807) is 24.3 Å². The monoisotopic (exact) mass is 300 g/mol. The molecule has 22 heavy (non-hydrogen) atoms. The normalized spacial score (nSPS) is 9.86. The fourth-order valence-corrected chi connectivity index (χ4v) is 1.80. The number of amides is 2. The van der Waals surface area contributed by atoms with Crippen molar-refractivity contribution in [1.29, 1.82) is 0 Å². The Morgan fingerprint density at radius 3 is 2.45 bits per heavy atom. The highest BCUT2D eigenvalue weighted by Crippen LogP contribution is 2.28. The summed E-state index contributed by atoms with van der Waals surface area (Å²) in [6, 6.07) is 13.8. The minimum Gasteiger partial charge on any atom is -0.493 e. The molecule has 114 valence electrons. The Morgan fingerprint density at radius 1 is 1.09 bits per heavy atom. The molecule has 0 aliphatic heterocycles.